The summed E-state index contributed by atoms with van der Waals surface area (Å²) in [4.78, 5) is 0. The lowest BCUT2D eigenvalue weighted by Gasteiger charge is -2.09. The Morgan fingerprint density at radius 1 is 1.42 bits per heavy atom. The molecule has 0 heterocycles. The van der Waals surface area contributed by atoms with Crippen molar-refractivity contribution in [3.63, 3.8) is 0 Å². The van der Waals surface area contributed by atoms with E-state index in [-0.39, 0.29) is 0 Å². The summed E-state index contributed by atoms with van der Waals surface area (Å²) in [5.41, 5.74) is 0. The Labute approximate surface area is 76.9 Å². The van der Waals surface area contributed by atoms with Crippen molar-refractivity contribution in [1.82, 2.24) is 5.32 Å². The molecule has 1 heteroatoms. The second-order valence-electron chi connectivity index (χ2n) is 3.27. The highest BCUT2D eigenvalue weighted by atomic mass is 14.8. The van der Waals surface area contributed by atoms with Gasteiger partial charge in [-0.25, -0.2) is 0 Å². The summed E-state index contributed by atoms with van der Waals surface area (Å²) in [6, 6.07) is 0. The first-order valence-electron chi connectivity index (χ1n) is 4.91. The highest BCUT2D eigenvalue weighted by molar-refractivity contribution is 4.94. The third kappa shape index (κ3) is 7.63. The van der Waals surface area contributed by atoms with Crippen LogP contribution >= 0.6 is 0 Å². The third-order valence-electron chi connectivity index (χ3n) is 1.86. The van der Waals surface area contributed by atoms with Crippen molar-refractivity contribution < 1.29 is 0 Å². The lowest BCUT2D eigenvalue weighted by atomic mass is 10.1. The molecular weight excluding hydrogens is 146 g/mol. The van der Waals surface area contributed by atoms with Crippen molar-refractivity contribution in [1.29, 1.82) is 0 Å². The standard InChI is InChI=1S/C11H21N/c1-4-6-7-8-11(3)10-12-9-5-2/h11-12H,5,7-10H2,1-3H3. The van der Waals surface area contributed by atoms with E-state index in [1.165, 1.54) is 12.8 Å². The van der Waals surface area contributed by atoms with Gasteiger partial charge in [0.2, 0.25) is 0 Å². The van der Waals surface area contributed by atoms with Gasteiger partial charge in [-0.3, -0.25) is 0 Å². The van der Waals surface area contributed by atoms with Gasteiger partial charge in [-0.2, -0.15) is 0 Å². The molecule has 1 atom stereocenters. The molecule has 1 N–H and O–H groups in total. The van der Waals surface area contributed by atoms with Crippen LogP contribution in [-0.2, 0) is 0 Å². The highest BCUT2D eigenvalue weighted by Crippen LogP contribution is 2.02. The van der Waals surface area contributed by atoms with Gasteiger partial charge in [0.15, 0.2) is 0 Å². The lowest BCUT2D eigenvalue weighted by molar-refractivity contribution is 0.487. The van der Waals surface area contributed by atoms with E-state index >= 15 is 0 Å². The summed E-state index contributed by atoms with van der Waals surface area (Å²) in [6.45, 7) is 8.66. The molecule has 0 radical (unpaired) electrons. The summed E-state index contributed by atoms with van der Waals surface area (Å²) < 4.78 is 0. The van der Waals surface area contributed by atoms with Crippen molar-refractivity contribution in [2.24, 2.45) is 5.92 Å². The molecule has 0 amide bonds. The van der Waals surface area contributed by atoms with Crippen LogP contribution in [0.25, 0.3) is 0 Å². The first-order chi connectivity index (χ1) is 5.81. The van der Waals surface area contributed by atoms with Gasteiger partial charge < -0.3 is 5.32 Å². The van der Waals surface area contributed by atoms with Gasteiger partial charge in [0, 0.05) is 6.42 Å². The minimum absolute atomic E-state index is 0.761. The smallest absolute Gasteiger partial charge is 0.00915 e. The topological polar surface area (TPSA) is 12.0 Å². The molecule has 0 aliphatic rings. The molecule has 0 bridgehead atoms. The molecule has 1 nitrogen and oxygen atoms in total. The Morgan fingerprint density at radius 2 is 2.17 bits per heavy atom. The summed E-state index contributed by atoms with van der Waals surface area (Å²) in [7, 11) is 0. The van der Waals surface area contributed by atoms with Crippen LogP contribution in [0, 0.1) is 17.8 Å². The van der Waals surface area contributed by atoms with Crippen LogP contribution in [-0.4, -0.2) is 13.1 Å². The quantitative estimate of drug-likeness (QED) is 0.473. The summed E-state index contributed by atoms with van der Waals surface area (Å²) >= 11 is 0. The summed E-state index contributed by atoms with van der Waals surface area (Å²) in [6.07, 6.45) is 3.49. The second-order valence-corrected chi connectivity index (χ2v) is 3.27. The Bertz CT molecular complexity index is 141. The first-order valence-corrected chi connectivity index (χ1v) is 4.91. The van der Waals surface area contributed by atoms with Crippen LogP contribution in [0.4, 0.5) is 0 Å². The molecule has 0 saturated heterocycles. The third-order valence-corrected chi connectivity index (χ3v) is 1.86. The Hall–Kier alpha value is -0.480. The molecule has 12 heavy (non-hydrogen) atoms. The highest BCUT2D eigenvalue weighted by Gasteiger charge is 1.98. The average molecular weight is 167 g/mol. The zero-order valence-electron chi connectivity index (χ0n) is 8.61. The SMILES string of the molecule is CC#CCCC(C)CNCCC. The Morgan fingerprint density at radius 3 is 2.75 bits per heavy atom. The summed E-state index contributed by atoms with van der Waals surface area (Å²) in [5, 5.41) is 3.41. The zero-order valence-corrected chi connectivity index (χ0v) is 8.61. The van der Waals surface area contributed by atoms with E-state index in [1.54, 1.807) is 0 Å². The van der Waals surface area contributed by atoms with E-state index in [4.69, 9.17) is 0 Å². The van der Waals surface area contributed by atoms with Crippen LogP contribution < -0.4 is 5.32 Å². The molecule has 0 spiro atoms. The van der Waals surface area contributed by atoms with Crippen molar-refractivity contribution in [3.05, 3.63) is 0 Å². The second kappa shape index (κ2) is 8.62. The fourth-order valence-electron chi connectivity index (χ4n) is 1.07. The molecule has 0 aromatic rings. The molecule has 0 aromatic carbocycles. The van der Waals surface area contributed by atoms with Crippen LogP contribution in [0.2, 0.25) is 0 Å². The van der Waals surface area contributed by atoms with Gasteiger partial charge in [0.05, 0.1) is 0 Å². The minimum atomic E-state index is 0.761. The van der Waals surface area contributed by atoms with Crippen molar-refractivity contribution >= 4 is 0 Å². The lowest BCUT2D eigenvalue weighted by Crippen LogP contribution is -2.21. The van der Waals surface area contributed by atoms with Crippen LogP contribution in [0.15, 0.2) is 0 Å². The summed E-state index contributed by atoms with van der Waals surface area (Å²) in [5.74, 6) is 6.77. The maximum Gasteiger partial charge on any atom is 0.00915 e. The van der Waals surface area contributed by atoms with Gasteiger partial charge in [0.1, 0.15) is 0 Å². The largest absolute Gasteiger partial charge is 0.316 e. The van der Waals surface area contributed by atoms with Crippen LogP contribution in [0.3, 0.4) is 0 Å². The maximum atomic E-state index is 3.41. The van der Waals surface area contributed by atoms with E-state index in [2.05, 4.69) is 31.0 Å². The van der Waals surface area contributed by atoms with Crippen molar-refractivity contribution in [2.75, 3.05) is 13.1 Å². The van der Waals surface area contributed by atoms with E-state index in [0.717, 1.165) is 25.4 Å². The molecule has 0 aliphatic heterocycles. The number of rotatable bonds is 6. The van der Waals surface area contributed by atoms with Gasteiger partial charge in [-0.05, 0) is 38.8 Å². The van der Waals surface area contributed by atoms with E-state index in [1.807, 2.05) is 6.92 Å². The molecule has 1 unspecified atom stereocenters. The van der Waals surface area contributed by atoms with Crippen molar-refractivity contribution in [2.45, 2.75) is 40.0 Å². The number of hydrogen-bond acceptors (Lipinski definition) is 1. The Balaban J connectivity index is 3.19. The molecule has 70 valence electrons. The van der Waals surface area contributed by atoms with E-state index in [0.29, 0.717) is 0 Å². The fraction of sp³-hybridized carbons (Fsp3) is 0.818. The van der Waals surface area contributed by atoms with Crippen molar-refractivity contribution in [3.8, 4) is 11.8 Å². The van der Waals surface area contributed by atoms with E-state index in [9.17, 15) is 0 Å². The first kappa shape index (κ1) is 11.5. The van der Waals surface area contributed by atoms with Gasteiger partial charge in [-0.1, -0.05) is 13.8 Å². The average Bonchev–Trinajstić information content (AvgIpc) is 2.06. The fourth-order valence-corrected chi connectivity index (χ4v) is 1.07. The van der Waals surface area contributed by atoms with E-state index < -0.39 is 0 Å². The van der Waals surface area contributed by atoms with Crippen LogP contribution in [0.5, 0.6) is 0 Å². The van der Waals surface area contributed by atoms with Crippen LogP contribution in [0.1, 0.15) is 40.0 Å². The van der Waals surface area contributed by atoms with Gasteiger partial charge >= 0.3 is 0 Å². The molecular formula is C11H21N. The monoisotopic (exact) mass is 167 g/mol. The predicted octanol–water partition coefficient (Wildman–Crippen LogP) is 2.43. The molecule has 0 saturated carbocycles. The zero-order chi connectivity index (χ0) is 9.23. The van der Waals surface area contributed by atoms with Gasteiger partial charge in [0.25, 0.3) is 0 Å². The maximum absolute atomic E-state index is 3.41. The van der Waals surface area contributed by atoms with Gasteiger partial charge in [-0.15, -0.1) is 11.8 Å². The number of nitrogens with one attached hydrogen (secondary N) is 1. The normalized spacial score (nSPS) is 11.9. The minimum Gasteiger partial charge on any atom is -0.316 e. The molecule has 0 fully saturated rings. The molecule has 0 aliphatic carbocycles. The molecule has 0 rings (SSSR count). The predicted molar refractivity (Wildman–Crippen MR) is 55.0 cm³/mol. The molecule has 0 aromatic heterocycles. The Kier molecular flexibility index (Phi) is 8.27. The number of hydrogen-bond donors (Lipinski definition) is 1.